The average molecular weight is 371 g/mol. The molecular weight excluding hydrogens is 342 g/mol. The minimum absolute atomic E-state index is 0.255. The van der Waals surface area contributed by atoms with Gasteiger partial charge in [-0.3, -0.25) is 0 Å². The molecule has 3 N–H and O–H groups in total. The van der Waals surface area contributed by atoms with E-state index in [1.54, 1.807) is 7.11 Å². The van der Waals surface area contributed by atoms with Gasteiger partial charge in [0, 0.05) is 25.2 Å². The largest absolute Gasteiger partial charge is 0.493 e. The lowest BCUT2D eigenvalue weighted by atomic mass is 10.0. The molecule has 0 amide bonds. The van der Waals surface area contributed by atoms with Gasteiger partial charge in [0.25, 0.3) is 0 Å². The Bertz CT molecular complexity index is 792. The molecule has 0 atom stereocenters. The number of nitrogens with zero attached hydrogens (tertiary/aromatic N) is 3. The number of rotatable bonds is 9. The smallest absolute Gasteiger partial charge is 0.222 e. The summed E-state index contributed by atoms with van der Waals surface area (Å²) in [5, 5.41) is 3.10. The van der Waals surface area contributed by atoms with Crippen LogP contribution >= 0.6 is 0 Å². The number of aromatic nitrogens is 2. The van der Waals surface area contributed by atoms with Gasteiger partial charge in [0.15, 0.2) is 11.5 Å². The molecule has 7 nitrogen and oxygen atoms in total. The summed E-state index contributed by atoms with van der Waals surface area (Å²) in [4.78, 5) is 11.0. The number of hydrogen-bond acceptors (Lipinski definition) is 7. The summed E-state index contributed by atoms with van der Waals surface area (Å²) in [6.45, 7) is 3.61. The Morgan fingerprint density at radius 1 is 1.26 bits per heavy atom. The van der Waals surface area contributed by atoms with Crippen molar-refractivity contribution in [3.05, 3.63) is 23.9 Å². The fourth-order valence-corrected chi connectivity index (χ4v) is 3.26. The van der Waals surface area contributed by atoms with E-state index in [0.717, 1.165) is 41.6 Å². The fraction of sp³-hybridized carbons (Fsp3) is 0.500. The van der Waals surface area contributed by atoms with E-state index < -0.39 is 0 Å². The lowest BCUT2D eigenvalue weighted by Gasteiger charge is -2.17. The van der Waals surface area contributed by atoms with E-state index in [1.165, 1.54) is 12.8 Å². The van der Waals surface area contributed by atoms with Crippen LogP contribution in [-0.2, 0) is 0 Å². The van der Waals surface area contributed by atoms with Crippen LogP contribution in [0.5, 0.6) is 11.5 Å². The highest BCUT2D eigenvalue weighted by Gasteiger charge is 2.25. The SMILES string of the molecule is CNc1nc(N)nc(C)c1-c1ccc(OC)c(OCCCN(C)C2CC2)c1. The first-order valence-electron chi connectivity index (χ1n) is 9.36. The molecule has 0 saturated heterocycles. The number of ether oxygens (including phenoxy) is 2. The van der Waals surface area contributed by atoms with Gasteiger partial charge in [-0.05, 0) is 50.9 Å². The molecule has 0 spiro atoms. The Balaban J connectivity index is 1.77. The van der Waals surface area contributed by atoms with Crippen LogP contribution in [0.15, 0.2) is 18.2 Å². The molecule has 1 fully saturated rings. The predicted molar refractivity (Wildman–Crippen MR) is 108 cm³/mol. The Labute approximate surface area is 160 Å². The molecule has 146 valence electrons. The number of anilines is 2. The van der Waals surface area contributed by atoms with Gasteiger partial charge >= 0.3 is 0 Å². The van der Waals surface area contributed by atoms with Crippen LogP contribution < -0.4 is 20.5 Å². The van der Waals surface area contributed by atoms with Crippen LogP contribution in [0.25, 0.3) is 11.1 Å². The van der Waals surface area contributed by atoms with Crippen molar-refractivity contribution in [1.29, 1.82) is 0 Å². The summed E-state index contributed by atoms with van der Waals surface area (Å²) >= 11 is 0. The van der Waals surface area contributed by atoms with Gasteiger partial charge < -0.3 is 25.4 Å². The summed E-state index contributed by atoms with van der Waals surface area (Å²) < 4.78 is 11.5. The van der Waals surface area contributed by atoms with Crippen LogP contribution in [-0.4, -0.2) is 55.3 Å². The highest BCUT2D eigenvalue weighted by Crippen LogP contribution is 2.36. The Hall–Kier alpha value is -2.54. The highest BCUT2D eigenvalue weighted by molar-refractivity contribution is 5.79. The van der Waals surface area contributed by atoms with Crippen molar-refractivity contribution >= 4 is 11.8 Å². The molecule has 7 heteroatoms. The summed E-state index contributed by atoms with van der Waals surface area (Å²) in [6.07, 6.45) is 3.63. The van der Waals surface area contributed by atoms with Gasteiger partial charge in [-0.2, -0.15) is 4.98 Å². The number of nitrogens with two attached hydrogens (primary N) is 1. The van der Waals surface area contributed by atoms with Crippen LogP contribution in [0.3, 0.4) is 0 Å². The van der Waals surface area contributed by atoms with Crippen LogP contribution in [0.1, 0.15) is 25.0 Å². The van der Waals surface area contributed by atoms with E-state index >= 15 is 0 Å². The molecule has 27 heavy (non-hydrogen) atoms. The monoisotopic (exact) mass is 371 g/mol. The topological polar surface area (TPSA) is 85.5 Å². The van der Waals surface area contributed by atoms with Crippen molar-refractivity contribution in [2.45, 2.75) is 32.2 Å². The summed E-state index contributed by atoms with van der Waals surface area (Å²) in [6, 6.07) is 6.65. The van der Waals surface area contributed by atoms with Crippen LogP contribution in [0.2, 0.25) is 0 Å². The molecule has 0 radical (unpaired) electrons. The molecule has 1 saturated carbocycles. The van der Waals surface area contributed by atoms with E-state index in [2.05, 4.69) is 27.2 Å². The van der Waals surface area contributed by atoms with Crippen LogP contribution in [0.4, 0.5) is 11.8 Å². The Morgan fingerprint density at radius 3 is 2.70 bits per heavy atom. The number of benzene rings is 1. The molecule has 0 bridgehead atoms. The summed E-state index contributed by atoms with van der Waals surface area (Å²) in [5.41, 5.74) is 8.46. The van der Waals surface area contributed by atoms with Crippen molar-refractivity contribution in [2.24, 2.45) is 0 Å². The number of hydrogen-bond donors (Lipinski definition) is 2. The molecule has 2 aromatic rings. The average Bonchev–Trinajstić information content (AvgIpc) is 3.49. The number of nitrogens with one attached hydrogen (secondary N) is 1. The van der Waals surface area contributed by atoms with Crippen molar-refractivity contribution in [2.75, 3.05) is 45.4 Å². The minimum Gasteiger partial charge on any atom is -0.493 e. The maximum atomic E-state index is 6.04. The van der Waals surface area contributed by atoms with Gasteiger partial charge in [-0.1, -0.05) is 6.07 Å². The Morgan fingerprint density at radius 2 is 2.04 bits per heavy atom. The number of nitrogen functional groups attached to an aromatic ring is 1. The maximum Gasteiger partial charge on any atom is 0.222 e. The zero-order chi connectivity index (χ0) is 19.4. The van der Waals surface area contributed by atoms with Gasteiger partial charge in [-0.15, -0.1) is 0 Å². The fourth-order valence-electron chi connectivity index (χ4n) is 3.26. The Kier molecular flexibility index (Phi) is 6.01. The molecule has 0 aliphatic heterocycles. The second-order valence-electron chi connectivity index (χ2n) is 6.92. The molecule has 1 heterocycles. The van der Waals surface area contributed by atoms with E-state index in [9.17, 15) is 0 Å². The van der Waals surface area contributed by atoms with E-state index in [-0.39, 0.29) is 5.95 Å². The van der Waals surface area contributed by atoms with Crippen molar-refractivity contribution in [3.8, 4) is 22.6 Å². The zero-order valence-corrected chi connectivity index (χ0v) is 16.6. The standard InChI is InChI=1S/C20H29N5O2/c1-13-18(19(22-2)24-20(21)23-13)14-6-9-16(26-4)17(12-14)27-11-5-10-25(3)15-7-8-15/h6,9,12,15H,5,7-8,10-11H2,1-4H3,(H3,21,22,23,24). The van der Waals surface area contributed by atoms with Gasteiger partial charge in [0.2, 0.25) is 5.95 Å². The second kappa shape index (κ2) is 8.43. The third kappa shape index (κ3) is 4.60. The van der Waals surface area contributed by atoms with Gasteiger partial charge in [0.1, 0.15) is 5.82 Å². The molecule has 1 aliphatic carbocycles. The minimum atomic E-state index is 0.255. The zero-order valence-electron chi connectivity index (χ0n) is 16.6. The lowest BCUT2D eigenvalue weighted by Crippen LogP contribution is -2.23. The van der Waals surface area contributed by atoms with Gasteiger partial charge in [0.05, 0.1) is 19.4 Å². The third-order valence-electron chi connectivity index (χ3n) is 4.88. The van der Waals surface area contributed by atoms with E-state index in [1.807, 2.05) is 32.2 Å². The maximum absolute atomic E-state index is 6.04. The molecular formula is C20H29N5O2. The van der Waals surface area contributed by atoms with Crippen LogP contribution in [0, 0.1) is 6.92 Å². The van der Waals surface area contributed by atoms with Crippen molar-refractivity contribution in [3.63, 3.8) is 0 Å². The van der Waals surface area contributed by atoms with E-state index in [4.69, 9.17) is 15.2 Å². The third-order valence-corrected chi connectivity index (χ3v) is 4.88. The first-order valence-corrected chi connectivity index (χ1v) is 9.36. The number of aryl methyl sites for hydroxylation is 1. The summed E-state index contributed by atoms with van der Waals surface area (Å²) in [7, 11) is 5.66. The van der Waals surface area contributed by atoms with E-state index in [0.29, 0.717) is 18.2 Å². The van der Waals surface area contributed by atoms with Crippen molar-refractivity contribution < 1.29 is 9.47 Å². The summed E-state index contributed by atoms with van der Waals surface area (Å²) in [5.74, 6) is 2.39. The normalized spacial score (nSPS) is 13.7. The van der Waals surface area contributed by atoms with Gasteiger partial charge in [-0.25, -0.2) is 4.98 Å². The molecule has 1 aromatic heterocycles. The molecule has 1 aromatic carbocycles. The first kappa shape index (κ1) is 19.2. The lowest BCUT2D eigenvalue weighted by molar-refractivity contribution is 0.250. The molecule has 0 unspecified atom stereocenters. The van der Waals surface area contributed by atoms with Crippen molar-refractivity contribution in [1.82, 2.24) is 14.9 Å². The first-order chi connectivity index (χ1) is 13.0. The molecule has 1 aliphatic rings. The molecule has 3 rings (SSSR count). The number of methoxy groups -OCH3 is 1. The second-order valence-corrected chi connectivity index (χ2v) is 6.92. The highest BCUT2D eigenvalue weighted by atomic mass is 16.5. The predicted octanol–water partition coefficient (Wildman–Crippen LogP) is 2.95. The quantitative estimate of drug-likeness (QED) is 0.656.